The van der Waals surface area contributed by atoms with Crippen LogP contribution in [0.5, 0.6) is 5.88 Å². The summed E-state index contributed by atoms with van der Waals surface area (Å²) in [6, 6.07) is 10.4. The Bertz CT molecular complexity index is 785. The molecule has 2 aromatic rings. The molecule has 0 saturated carbocycles. The number of hydrogen-bond acceptors (Lipinski definition) is 5. The second kappa shape index (κ2) is 8.95. The van der Waals surface area contributed by atoms with E-state index in [0.717, 1.165) is 18.5 Å². The lowest BCUT2D eigenvalue weighted by Crippen LogP contribution is -2.41. The van der Waals surface area contributed by atoms with Gasteiger partial charge in [-0.05, 0) is 37.3 Å². The van der Waals surface area contributed by atoms with Gasteiger partial charge in [0.25, 0.3) is 0 Å². The number of rotatable bonds is 6. The molecule has 2 heterocycles. The highest BCUT2D eigenvalue weighted by molar-refractivity contribution is 6.30. The maximum atomic E-state index is 12.4. The molecule has 1 amide bonds. The molecule has 0 radical (unpaired) electrons. The first-order valence-corrected chi connectivity index (χ1v) is 9.42. The Morgan fingerprint density at radius 2 is 1.78 bits per heavy atom. The van der Waals surface area contributed by atoms with Gasteiger partial charge in [-0.3, -0.25) is 9.59 Å². The molecule has 0 N–H and O–H groups in total. The monoisotopic (exact) mass is 387 g/mol. The SMILES string of the molecule is Cc1ccc(OC2CCN(C(=O)CCC(=O)c3ccc(Cl)cc3)CC2)nn1. The number of benzene rings is 1. The van der Waals surface area contributed by atoms with Gasteiger partial charge >= 0.3 is 0 Å². The minimum atomic E-state index is -0.0452. The van der Waals surface area contributed by atoms with Crippen molar-refractivity contribution in [3.8, 4) is 5.88 Å². The third kappa shape index (κ3) is 5.50. The third-order valence-corrected chi connectivity index (χ3v) is 4.84. The number of piperidine rings is 1. The van der Waals surface area contributed by atoms with E-state index in [0.29, 0.717) is 29.6 Å². The number of carbonyl (C=O) groups is 2. The second-order valence-corrected chi connectivity index (χ2v) is 7.08. The van der Waals surface area contributed by atoms with Crippen LogP contribution < -0.4 is 4.74 Å². The molecule has 6 nitrogen and oxygen atoms in total. The molecule has 0 atom stereocenters. The zero-order chi connectivity index (χ0) is 19.2. The number of hydrogen-bond donors (Lipinski definition) is 0. The number of nitrogens with zero attached hydrogens (tertiary/aromatic N) is 3. The predicted molar refractivity (Wildman–Crippen MR) is 102 cm³/mol. The van der Waals surface area contributed by atoms with Crippen molar-refractivity contribution in [2.75, 3.05) is 13.1 Å². The topological polar surface area (TPSA) is 72.4 Å². The molecule has 0 aliphatic carbocycles. The van der Waals surface area contributed by atoms with Crippen molar-refractivity contribution in [2.45, 2.75) is 38.7 Å². The average molecular weight is 388 g/mol. The minimum absolute atomic E-state index is 0.00545. The molecule has 1 aliphatic heterocycles. The van der Waals surface area contributed by atoms with Crippen molar-refractivity contribution in [3.63, 3.8) is 0 Å². The fourth-order valence-corrected chi connectivity index (χ4v) is 3.13. The predicted octanol–water partition coefficient (Wildman–Crippen LogP) is 3.47. The van der Waals surface area contributed by atoms with Crippen molar-refractivity contribution in [3.05, 3.63) is 52.7 Å². The second-order valence-electron chi connectivity index (χ2n) is 6.64. The van der Waals surface area contributed by atoms with Gasteiger partial charge in [-0.2, -0.15) is 5.10 Å². The summed E-state index contributed by atoms with van der Waals surface area (Å²) in [4.78, 5) is 26.4. The quantitative estimate of drug-likeness (QED) is 0.709. The first-order valence-electron chi connectivity index (χ1n) is 9.05. The van der Waals surface area contributed by atoms with Crippen LogP contribution in [0, 0.1) is 6.92 Å². The first kappa shape index (κ1) is 19.3. The van der Waals surface area contributed by atoms with Crippen LogP contribution in [0.2, 0.25) is 5.02 Å². The number of amides is 1. The standard InChI is InChI=1S/C20H22ClN3O3/c1-14-2-8-19(23-22-14)27-17-10-12-24(13-11-17)20(26)9-7-18(25)15-3-5-16(21)6-4-15/h2-6,8,17H,7,9-13H2,1H3. The molecule has 1 fully saturated rings. The van der Waals surface area contributed by atoms with Gasteiger partial charge in [0.2, 0.25) is 11.8 Å². The summed E-state index contributed by atoms with van der Waals surface area (Å²) in [6.07, 6.45) is 1.94. The minimum Gasteiger partial charge on any atom is -0.473 e. The van der Waals surface area contributed by atoms with E-state index < -0.39 is 0 Å². The molecule has 0 unspecified atom stereocenters. The summed E-state index contributed by atoms with van der Waals surface area (Å²) >= 11 is 5.83. The van der Waals surface area contributed by atoms with Gasteiger partial charge in [-0.1, -0.05) is 11.6 Å². The van der Waals surface area contributed by atoms with Crippen molar-refractivity contribution < 1.29 is 14.3 Å². The van der Waals surface area contributed by atoms with E-state index >= 15 is 0 Å². The number of halogens is 1. The summed E-state index contributed by atoms with van der Waals surface area (Å²) in [6.45, 7) is 3.12. The summed E-state index contributed by atoms with van der Waals surface area (Å²) in [5.74, 6) is 0.473. The fraction of sp³-hybridized carbons (Fsp3) is 0.400. The average Bonchev–Trinajstić information content (AvgIpc) is 2.69. The molecule has 142 valence electrons. The van der Waals surface area contributed by atoms with Crippen LogP contribution in [0.4, 0.5) is 0 Å². The molecule has 1 saturated heterocycles. The highest BCUT2D eigenvalue weighted by Gasteiger charge is 2.24. The molecule has 0 spiro atoms. The van der Waals surface area contributed by atoms with Crippen LogP contribution in [-0.2, 0) is 4.79 Å². The van der Waals surface area contributed by atoms with Crippen molar-refractivity contribution in [1.29, 1.82) is 0 Å². The van der Waals surface area contributed by atoms with Crippen molar-refractivity contribution >= 4 is 23.3 Å². The van der Waals surface area contributed by atoms with Crippen molar-refractivity contribution in [1.82, 2.24) is 15.1 Å². The van der Waals surface area contributed by atoms with E-state index in [-0.39, 0.29) is 30.6 Å². The largest absolute Gasteiger partial charge is 0.473 e. The number of carbonyl (C=O) groups excluding carboxylic acids is 2. The molecule has 27 heavy (non-hydrogen) atoms. The Balaban J connectivity index is 1.42. The summed E-state index contributed by atoms with van der Waals surface area (Å²) < 4.78 is 5.83. The van der Waals surface area contributed by atoms with Crippen LogP contribution in [0.25, 0.3) is 0 Å². The molecule has 1 aliphatic rings. The molecule has 1 aromatic carbocycles. The molecular formula is C20H22ClN3O3. The first-order chi connectivity index (χ1) is 13.0. The van der Waals surface area contributed by atoms with Gasteiger partial charge in [-0.25, -0.2) is 0 Å². The molecular weight excluding hydrogens is 366 g/mol. The van der Waals surface area contributed by atoms with E-state index in [1.807, 2.05) is 19.1 Å². The number of ketones is 1. The van der Waals surface area contributed by atoms with E-state index in [1.54, 1.807) is 29.2 Å². The summed E-state index contributed by atoms with van der Waals surface area (Å²) in [7, 11) is 0. The molecule has 1 aromatic heterocycles. The molecule has 7 heteroatoms. The maximum absolute atomic E-state index is 12.4. The lowest BCUT2D eigenvalue weighted by Gasteiger charge is -2.31. The normalized spacial score (nSPS) is 14.8. The van der Waals surface area contributed by atoms with Gasteiger partial charge < -0.3 is 9.64 Å². The Labute approximate surface area is 163 Å². The van der Waals surface area contributed by atoms with Gasteiger partial charge in [-0.15, -0.1) is 5.10 Å². The van der Waals surface area contributed by atoms with Crippen LogP contribution in [0.1, 0.15) is 41.7 Å². The van der Waals surface area contributed by atoms with Gasteiger partial charge in [0.15, 0.2) is 5.78 Å². The fourth-order valence-electron chi connectivity index (χ4n) is 3.00. The molecule has 3 rings (SSSR count). The van der Waals surface area contributed by atoms with Crippen LogP contribution in [0.15, 0.2) is 36.4 Å². The number of aryl methyl sites for hydroxylation is 1. The Morgan fingerprint density at radius 3 is 2.41 bits per heavy atom. The number of aromatic nitrogens is 2. The van der Waals surface area contributed by atoms with Crippen molar-refractivity contribution in [2.24, 2.45) is 0 Å². The zero-order valence-corrected chi connectivity index (χ0v) is 16.0. The zero-order valence-electron chi connectivity index (χ0n) is 15.2. The number of likely N-dealkylation sites (tertiary alicyclic amines) is 1. The van der Waals surface area contributed by atoms with E-state index in [2.05, 4.69) is 10.2 Å². The van der Waals surface area contributed by atoms with E-state index in [4.69, 9.17) is 16.3 Å². The third-order valence-electron chi connectivity index (χ3n) is 4.59. The van der Waals surface area contributed by atoms with E-state index in [1.165, 1.54) is 0 Å². The van der Waals surface area contributed by atoms with Gasteiger partial charge in [0, 0.05) is 55.4 Å². The maximum Gasteiger partial charge on any atom is 0.233 e. The molecule has 0 bridgehead atoms. The van der Waals surface area contributed by atoms with Gasteiger partial charge in [0.1, 0.15) is 6.10 Å². The van der Waals surface area contributed by atoms with Crippen LogP contribution in [-0.4, -0.2) is 46.0 Å². The Hall–Kier alpha value is -2.47. The Kier molecular flexibility index (Phi) is 6.40. The smallest absolute Gasteiger partial charge is 0.233 e. The summed E-state index contributed by atoms with van der Waals surface area (Å²) in [5.41, 5.74) is 1.43. The highest BCUT2D eigenvalue weighted by Crippen LogP contribution is 2.18. The number of Topliss-reactive ketones (excluding diaryl/α,β-unsaturated/α-hetero) is 1. The lowest BCUT2D eigenvalue weighted by atomic mass is 10.0. The van der Waals surface area contributed by atoms with E-state index in [9.17, 15) is 9.59 Å². The van der Waals surface area contributed by atoms with Gasteiger partial charge in [0.05, 0.1) is 5.69 Å². The number of ether oxygens (including phenoxy) is 1. The Morgan fingerprint density at radius 1 is 1.07 bits per heavy atom. The summed E-state index contributed by atoms with van der Waals surface area (Å²) in [5, 5.41) is 8.58. The highest BCUT2D eigenvalue weighted by atomic mass is 35.5. The van der Waals surface area contributed by atoms with Crippen LogP contribution >= 0.6 is 11.6 Å². The lowest BCUT2D eigenvalue weighted by molar-refractivity contribution is -0.132. The van der Waals surface area contributed by atoms with Crippen LogP contribution in [0.3, 0.4) is 0 Å².